The number of nitrogens with one attached hydrogen (secondary N) is 1. The topological polar surface area (TPSA) is 49.4 Å². The van der Waals surface area contributed by atoms with Crippen molar-refractivity contribution in [1.82, 2.24) is 5.32 Å². The Kier molecular flexibility index (Phi) is 4.61. The van der Waals surface area contributed by atoms with Crippen molar-refractivity contribution in [3.63, 3.8) is 0 Å². The van der Waals surface area contributed by atoms with E-state index in [1.54, 1.807) is 0 Å². The molecule has 2 rings (SSSR count). The number of halogens is 3. The summed E-state index contributed by atoms with van der Waals surface area (Å²) in [6, 6.07) is 0.221. The van der Waals surface area contributed by atoms with Gasteiger partial charge in [0.1, 0.15) is 17.9 Å². The van der Waals surface area contributed by atoms with Gasteiger partial charge in [0.2, 0.25) is 11.8 Å². The predicted molar refractivity (Wildman–Crippen MR) is 77.8 cm³/mol. The van der Waals surface area contributed by atoms with E-state index in [2.05, 4.69) is 21.2 Å². The lowest BCUT2D eigenvalue weighted by Gasteiger charge is -2.37. The molecule has 7 heteroatoms. The van der Waals surface area contributed by atoms with E-state index < -0.39 is 29.6 Å². The molecule has 0 spiro atoms. The third kappa shape index (κ3) is 2.92. The molecule has 2 unspecified atom stereocenters. The minimum Gasteiger partial charge on any atom is -0.342 e. The van der Waals surface area contributed by atoms with Crippen molar-refractivity contribution in [3.05, 3.63) is 28.2 Å². The van der Waals surface area contributed by atoms with Crippen LogP contribution in [0, 0.1) is 11.6 Å². The number of nitrogens with zero attached hydrogens (tertiary/aromatic N) is 1. The Morgan fingerprint density at radius 3 is 2.57 bits per heavy atom. The molecule has 1 heterocycles. The van der Waals surface area contributed by atoms with E-state index in [0.29, 0.717) is 18.9 Å². The van der Waals surface area contributed by atoms with E-state index in [-0.39, 0.29) is 16.1 Å². The van der Waals surface area contributed by atoms with Crippen LogP contribution in [0.3, 0.4) is 0 Å². The SMILES string of the molecule is CCCC1NC(=O)C(C)N(c2c(F)cc(F)cc2Br)C1=O. The Balaban J connectivity index is 2.49. The Morgan fingerprint density at radius 2 is 2.00 bits per heavy atom. The van der Waals surface area contributed by atoms with Crippen LogP contribution in [0.15, 0.2) is 16.6 Å². The summed E-state index contributed by atoms with van der Waals surface area (Å²) in [7, 11) is 0. The maximum atomic E-state index is 14.1. The summed E-state index contributed by atoms with van der Waals surface area (Å²) in [5.41, 5.74) is -0.107. The highest BCUT2D eigenvalue weighted by molar-refractivity contribution is 9.10. The van der Waals surface area contributed by atoms with Crippen LogP contribution in [0.4, 0.5) is 14.5 Å². The third-order valence-corrected chi connectivity index (χ3v) is 4.02. The largest absolute Gasteiger partial charge is 0.342 e. The molecule has 4 nitrogen and oxygen atoms in total. The van der Waals surface area contributed by atoms with Crippen LogP contribution in [-0.4, -0.2) is 23.9 Å². The number of anilines is 1. The molecule has 1 aromatic rings. The summed E-state index contributed by atoms with van der Waals surface area (Å²) >= 11 is 3.06. The Labute approximate surface area is 129 Å². The van der Waals surface area contributed by atoms with Crippen LogP contribution in [0.2, 0.25) is 0 Å². The second-order valence-corrected chi connectivity index (χ2v) is 5.81. The van der Waals surface area contributed by atoms with Crippen LogP contribution in [0.5, 0.6) is 0 Å². The highest BCUT2D eigenvalue weighted by atomic mass is 79.9. The number of piperazine rings is 1. The first-order valence-corrected chi connectivity index (χ1v) is 7.44. The Morgan fingerprint density at radius 1 is 1.33 bits per heavy atom. The fourth-order valence-corrected chi connectivity index (χ4v) is 2.98. The van der Waals surface area contributed by atoms with Gasteiger partial charge in [-0.1, -0.05) is 13.3 Å². The van der Waals surface area contributed by atoms with Gasteiger partial charge in [0.05, 0.1) is 5.69 Å². The van der Waals surface area contributed by atoms with E-state index in [4.69, 9.17) is 0 Å². The van der Waals surface area contributed by atoms with E-state index in [1.165, 1.54) is 6.92 Å². The van der Waals surface area contributed by atoms with Gasteiger partial charge in [-0.05, 0) is 35.3 Å². The zero-order chi connectivity index (χ0) is 15.7. The van der Waals surface area contributed by atoms with Gasteiger partial charge in [0.15, 0.2) is 5.82 Å². The number of hydrogen-bond acceptors (Lipinski definition) is 2. The summed E-state index contributed by atoms with van der Waals surface area (Å²) in [4.78, 5) is 25.6. The summed E-state index contributed by atoms with van der Waals surface area (Å²) < 4.78 is 27.4. The predicted octanol–water partition coefficient (Wildman–Crippen LogP) is 2.75. The maximum Gasteiger partial charge on any atom is 0.250 e. The highest BCUT2D eigenvalue weighted by Crippen LogP contribution is 2.33. The molecule has 2 atom stereocenters. The average molecular weight is 361 g/mol. The molecular weight excluding hydrogens is 346 g/mol. The molecular formula is C14H15BrF2N2O2. The Hall–Kier alpha value is -1.50. The van der Waals surface area contributed by atoms with Gasteiger partial charge in [-0.3, -0.25) is 14.5 Å². The smallest absolute Gasteiger partial charge is 0.250 e. The van der Waals surface area contributed by atoms with Crippen molar-refractivity contribution in [2.24, 2.45) is 0 Å². The van der Waals surface area contributed by atoms with E-state index >= 15 is 0 Å². The van der Waals surface area contributed by atoms with Gasteiger partial charge in [0, 0.05) is 10.5 Å². The first-order valence-electron chi connectivity index (χ1n) is 6.64. The molecule has 1 N–H and O–H groups in total. The summed E-state index contributed by atoms with van der Waals surface area (Å²) in [5, 5.41) is 2.62. The van der Waals surface area contributed by atoms with Crippen molar-refractivity contribution in [1.29, 1.82) is 0 Å². The van der Waals surface area contributed by atoms with Gasteiger partial charge in [-0.25, -0.2) is 8.78 Å². The molecule has 0 aliphatic carbocycles. The zero-order valence-corrected chi connectivity index (χ0v) is 13.2. The maximum absolute atomic E-state index is 14.1. The van der Waals surface area contributed by atoms with Crippen LogP contribution < -0.4 is 10.2 Å². The van der Waals surface area contributed by atoms with E-state index in [0.717, 1.165) is 11.0 Å². The molecule has 0 saturated carbocycles. The van der Waals surface area contributed by atoms with Crippen molar-refractivity contribution < 1.29 is 18.4 Å². The van der Waals surface area contributed by atoms with Crippen LogP contribution in [0.25, 0.3) is 0 Å². The fourth-order valence-electron chi connectivity index (χ4n) is 2.38. The van der Waals surface area contributed by atoms with Gasteiger partial charge in [-0.15, -0.1) is 0 Å². The summed E-state index contributed by atoms with van der Waals surface area (Å²) in [5.74, 6) is -2.39. The molecule has 1 aliphatic rings. The normalized spacial score (nSPS) is 22.4. The van der Waals surface area contributed by atoms with Gasteiger partial charge in [-0.2, -0.15) is 0 Å². The monoisotopic (exact) mass is 360 g/mol. The molecule has 2 amide bonds. The lowest BCUT2D eigenvalue weighted by Crippen LogP contribution is -2.63. The zero-order valence-electron chi connectivity index (χ0n) is 11.6. The average Bonchev–Trinajstić information content (AvgIpc) is 2.39. The molecule has 1 fully saturated rings. The third-order valence-electron chi connectivity index (χ3n) is 3.42. The van der Waals surface area contributed by atoms with Crippen molar-refractivity contribution in [2.45, 2.75) is 38.8 Å². The summed E-state index contributed by atoms with van der Waals surface area (Å²) in [6.45, 7) is 3.39. The number of carbonyl (C=O) groups is 2. The van der Waals surface area contributed by atoms with Gasteiger partial charge < -0.3 is 5.32 Å². The standard InChI is InChI=1S/C14H15BrF2N2O2/c1-3-4-11-14(21)19(7(2)13(20)18-11)12-9(15)5-8(16)6-10(12)17/h5-7,11H,3-4H2,1-2H3,(H,18,20). The van der Waals surface area contributed by atoms with Crippen molar-refractivity contribution >= 4 is 33.4 Å². The van der Waals surface area contributed by atoms with Gasteiger partial charge in [0.25, 0.3) is 0 Å². The van der Waals surface area contributed by atoms with Crippen LogP contribution in [0.1, 0.15) is 26.7 Å². The highest BCUT2D eigenvalue weighted by Gasteiger charge is 2.40. The van der Waals surface area contributed by atoms with Gasteiger partial charge >= 0.3 is 0 Å². The van der Waals surface area contributed by atoms with Crippen LogP contribution in [-0.2, 0) is 9.59 Å². The number of rotatable bonds is 3. The lowest BCUT2D eigenvalue weighted by molar-refractivity contribution is -0.133. The molecule has 0 radical (unpaired) electrons. The second-order valence-electron chi connectivity index (χ2n) is 4.95. The first kappa shape index (κ1) is 15.9. The number of benzene rings is 1. The van der Waals surface area contributed by atoms with E-state index in [1.807, 2.05) is 6.92 Å². The molecule has 0 bridgehead atoms. The molecule has 114 valence electrons. The second kappa shape index (κ2) is 6.09. The van der Waals surface area contributed by atoms with Crippen molar-refractivity contribution in [2.75, 3.05) is 4.90 Å². The summed E-state index contributed by atoms with van der Waals surface area (Å²) in [6.07, 6.45) is 1.17. The Bertz CT molecular complexity index is 571. The first-order chi connectivity index (χ1) is 9.86. The quantitative estimate of drug-likeness (QED) is 0.900. The minimum atomic E-state index is -0.882. The number of amides is 2. The molecule has 1 aromatic carbocycles. The van der Waals surface area contributed by atoms with Crippen molar-refractivity contribution in [3.8, 4) is 0 Å². The molecule has 1 saturated heterocycles. The lowest BCUT2D eigenvalue weighted by atomic mass is 10.0. The molecule has 1 aliphatic heterocycles. The van der Waals surface area contributed by atoms with Crippen LogP contribution >= 0.6 is 15.9 Å². The molecule has 21 heavy (non-hydrogen) atoms. The molecule has 0 aromatic heterocycles. The number of carbonyl (C=O) groups excluding carboxylic acids is 2. The fraction of sp³-hybridized carbons (Fsp3) is 0.429. The number of hydrogen-bond donors (Lipinski definition) is 1. The minimum absolute atomic E-state index is 0.102. The van der Waals surface area contributed by atoms with E-state index in [9.17, 15) is 18.4 Å².